The van der Waals surface area contributed by atoms with Gasteiger partial charge in [-0.05, 0) is 36.2 Å². The predicted molar refractivity (Wildman–Crippen MR) is 122 cm³/mol. The van der Waals surface area contributed by atoms with E-state index in [2.05, 4.69) is 15.6 Å². The third-order valence-electron chi connectivity index (χ3n) is 7.17. The van der Waals surface area contributed by atoms with Crippen molar-refractivity contribution >= 4 is 23.5 Å². The number of methoxy groups -OCH3 is 1. The number of aliphatic hydroxyl groups excluding tert-OH is 1. The van der Waals surface area contributed by atoms with Gasteiger partial charge in [-0.25, -0.2) is 4.98 Å². The van der Waals surface area contributed by atoms with Crippen LogP contribution in [0.25, 0.3) is 0 Å². The van der Waals surface area contributed by atoms with Gasteiger partial charge in [0.25, 0.3) is 5.91 Å². The Morgan fingerprint density at radius 3 is 2.83 bits per heavy atom. The summed E-state index contributed by atoms with van der Waals surface area (Å²) < 4.78 is 11.4. The van der Waals surface area contributed by atoms with Crippen molar-refractivity contribution in [3.05, 3.63) is 47.2 Å². The van der Waals surface area contributed by atoms with Crippen molar-refractivity contribution in [2.24, 2.45) is 0 Å². The molecule has 11 heteroatoms. The molecule has 0 bridgehead atoms. The number of carbonyl (C=O) groups excluding carboxylic acids is 3. The number of nitrogens with zero attached hydrogens (tertiary/aromatic N) is 3. The van der Waals surface area contributed by atoms with Crippen LogP contribution < -0.4 is 25.0 Å². The molecule has 3 amide bonds. The number of hydrogen-bond donors (Lipinski definition) is 3. The first-order valence-corrected chi connectivity index (χ1v) is 11.6. The molecular formula is C24H25N5O6. The minimum atomic E-state index is -1.40. The SMILES string of the molecule is COc1ccc2c(c1)C(=O)N(CC1(C3Cc4nc(N5CCCC5=O)ccc4O3)NC(O)NC1=O)C2. The predicted octanol–water partition coefficient (Wildman–Crippen LogP) is -0.0894. The van der Waals surface area contributed by atoms with E-state index in [1.807, 2.05) is 6.07 Å². The number of nitrogens with one attached hydrogen (secondary N) is 2. The molecule has 6 rings (SSSR count). The number of rotatable bonds is 5. The van der Waals surface area contributed by atoms with Crippen molar-refractivity contribution in [3.8, 4) is 11.5 Å². The van der Waals surface area contributed by atoms with Crippen molar-refractivity contribution in [1.82, 2.24) is 20.5 Å². The number of aliphatic hydroxyl groups is 1. The Hall–Kier alpha value is -3.70. The molecule has 2 fully saturated rings. The van der Waals surface area contributed by atoms with E-state index in [1.165, 1.54) is 7.11 Å². The van der Waals surface area contributed by atoms with Crippen LogP contribution >= 0.6 is 0 Å². The highest BCUT2D eigenvalue weighted by atomic mass is 16.5. The summed E-state index contributed by atoms with van der Waals surface area (Å²) in [5, 5.41) is 15.7. The standard InChI is InChI=1S/C24H25N5O6/c1-34-14-5-4-13-11-28(21(31)15(13)9-14)12-24(22(32)26-23(33)27-24)18-10-16-17(35-18)6-7-19(25-16)29-8-2-3-20(29)30/h4-7,9,18,23,27,33H,2-3,8,10-12H2,1H3,(H,26,32). The average Bonchev–Trinajstić information content (AvgIpc) is 3.60. The number of amides is 3. The van der Waals surface area contributed by atoms with Crippen LogP contribution in [0.3, 0.4) is 0 Å². The van der Waals surface area contributed by atoms with Crippen molar-refractivity contribution in [3.63, 3.8) is 0 Å². The van der Waals surface area contributed by atoms with Gasteiger partial charge in [-0.3, -0.25) is 24.6 Å². The van der Waals surface area contributed by atoms with E-state index in [9.17, 15) is 19.5 Å². The molecule has 5 heterocycles. The number of fused-ring (bicyclic) bond motifs is 2. The monoisotopic (exact) mass is 479 g/mol. The van der Waals surface area contributed by atoms with Gasteiger partial charge in [0, 0.05) is 31.5 Å². The third kappa shape index (κ3) is 3.41. The molecule has 2 saturated heterocycles. The number of aromatic nitrogens is 1. The average molecular weight is 479 g/mol. The molecule has 0 saturated carbocycles. The van der Waals surface area contributed by atoms with E-state index in [1.54, 1.807) is 34.1 Å². The summed E-state index contributed by atoms with van der Waals surface area (Å²) in [6.45, 7) is 0.934. The van der Waals surface area contributed by atoms with Crippen LogP contribution in [0, 0.1) is 0 Å². The Bertz CT molecular complexity index is 1250. The van der Waals surface area contributed by atoms with Crippen molar-refractivity contribution in [2.45, 2.75) is 43.8 Å². The Kier molecular flexibility index (Phi) is 4.94. The van der Waals surface area contributed by atoms with Crippen LogP contribution in [0.5, 0.6) is 11.5 Å². The van der Waals surface area contributed by atoms with Gasteiger partial charge in [0.05, 0.1) is 19.3 Å². The summed E-state index contributed by atoms with van der Waals surface area (Å²) in [6, 6.07) is 8.81. The van der Waals surface area contributed by atoms with Crippen LogP contribution in [0.2, 0.25) is 0 Å². The lowest BCUT2D eigenvalue weighted by Crippen LogP contribution is -2.64. The van der Waals surface area contributed by atoms with Crippen LogP contribution in [-0.4, -0.2) is 70.9 Å². The first kappa shape index (κ1) is 21.8. The van der Waals surface area contributed by atoms with E-state index in [-0.39, 0.29) is 24.8 Å². The lowest BCUT2D eigenvalue weighted by atomic mass is 9.89. The second kappa shape index (κ2) is 7.92. The number of benzene rings is 1. The highest BCUT2D eigenvalue weighted by Crippen LogP contribution is 2.37. The Balaban J connectivity index is 1.28. The minimum Gasteiger partial charge on any atom is -0.497 e. The molecule has 3 atom stereocenters. The van der Waals surface area contributed by atoms with E-state index in [0.29, 0.717) is 48.1 Å². The smallest absolute Gasteiger partial charge is 0.254 e. The van der Waals surface area contributed by atoms with Gasteiger partial charge < -0.3 is 24.8 Å². The normalized spacial score (nSPS) is 27.2. The summed E-state index contributed by atoms with van der Waals surface area (Å²) in [5.41, 5.74) is 0.590. The third-order valence-corrected chi connectivity index (χ3v) is 7.17. The van der Waals surface area contributed by atoms with E-state index >= 15 is 0 Å². The fourth-order valence-electron chi connectivity index (χ4n) is 5.37. The van der Waals surface area contributed by atoms with E-state index in [4.69, 9.17) is 9.47 Å². The van der Waals surface area contributed by atoms with Crippen LogP contribution in [0.15, 0.2) is 30.3 Å². The van der Waals surface area contributed by atoms with E-state index < -0.39 is 23.9 Å². The van der Waals surface area contributed by atoms with Crippen molar-refractivity contribution in [2.75, 3.05) is 25.1 Å². The number of ether oxygens (including phenoxy) is 2. The summed E-state index contributed by atoms with van der Waals surface area (Å²) in [4.78, 5) is 46.4. The zero-order chi connectivity index (χ0) is 24.3. The molecule has 1 aromatic heterocycles. The van der Waals surface area contributed by atoms with Gasteiger partial charge in [0.2, 0.25) is 11.8 Å². The molecule has 4 aliphatic heterocycles. The zero-order valence-electron chi connectivity index (χ0n) is 19.1. The first-order valence-electron chi connectivity index (χ1n) is 11.6. The quantitative estimate of drug-likeness (QED) is 0.542. The Morgan fingerprint density at radius 1 is 1.26 bits per heavy atom. The maximum absolute atomic E-state index is 13.2. The largest absolute Gasteiger partial charge is 0.497 e. The van der Waals surface area contributed by atoms with Gasteiger partial charge in [-0.1, -0.05) is 6.07 Å². The molecule has 0 spiro atoms. The van der Waals surface area contributed by atoms with Gasteiger partial charge in [-0.2, -0.15) is 0 Å². The van der Waals surface area contributed by atoms with Gasteiger partial charge in [0.1, 0.15) is 23.4 Å². The molecule has 1 aromatic carbocycles. The molecular weight excluding hydrogens is 454 g/mol. The Labute approximate surface area is 201 Å². The fourth-order valence-corrected chi connectivity index (χ4v) is 5.37. The maximum Gasteiger partial charge on any atom is 0.254 e. The number of anilines is 1. The molecule has 3 N–H and O–H groups in total. The number of hydrogen-bond acceptors (Lipinski definition) is 8. The number of carbonyl (C=O) groups is 3. The van der Waals surface area contributed by atoms with Gasteiger partial charge >= 0.3 is 0 Å². The fraction of sp³-hybridized carbons (Fsp3) is 0.417. The summed E-state index contributed by atoms with van der Waals surface area (Å²) in [5.74, 6) is 1.01. The van der Waals surface area contributed by atoms with Crippen LogP contribution in [0.4, 0.5) is 5.82 Å². The summed E-state index contributed by atoms with van der Waals surface area (Å²) in [7, 11) is 1.54. The lowest BCUT2D eigenvalue weighted by Gasteiger charge is -2.35. The molecule has 11 nitrogen and oxygen atoms in total. The van der Waals surface area contributed by atoms with Gasteiger partial charge in [-0.15, -0.1) is 0 Å². The Morgan fingerprint density at radius 2 is 2.11 bits per heavy atom. The molecule has 0 radical (unpaired) electrons. The second-order valence-corrected chi connectivity index (χ2v) is 9.25. The van der Waals surface area contributed by atoms with Crippen LogP contribution in [-0.2, 0) is 22.6 Å². The highest BCUT2D eigenvalue weighted by molar-refractivity contribution is 6.00. The van der Waals surface area contributed by atoms with Crippen LogP contribution in [0.1, 0.15) is 34.5 Å². The number of pyridine rings is 1. The highest BCUT2D eigenvalue weighted by Gasteiger charge is 2.57. The van der Waals surface area contributed by atoms with Crippen molar-refractivity contribution in [1.29, 1.82) is 0 Å². The molecule has 3 unspecified atom stereocenters. The first-order chi connectivity index (χ1) is 16.9. The van der Waals surface area contributed by atoms with E-state index in [0.717, 1.165) is 12.0 Å². The molecule has 35 heavy (non-hydrogen) atoms. The van der Waals surface area contributed by atoms with Crippen molar-refractivity contribution < 1.29 is 29.0 Å². The van der Waals surface area contributed by atoms with Gasteiger partial charge in [0.15, 0.2) is 11.9 Å². The zero-order valence-corrected chi connectivity index (χ0v) is 19.1. The summed E-state index contributed by atoms with van der Waals surface area (Å²) >= 11 is 0. The maximum atomic E-state index is 13.2. The minimum absolute atomic E-state index is 0.0121. The molecule has 0 aliphatic carbocycles. The summed E-state index contributed by atoms with van der Waals surface area (Å²) in [6.07, 6.45) is -0.430. The molecule has 2 aromatic rings. The molecule has 182 valence electrons. The molecule has 4 aliphatic rings. The second-order valence-electron chi connectivity index (χ2n) is 9.25. The lowest BCUT2D eigenvalue weighted by molar-refractivity contribution is -0.128. The topological polar surface area (TPSA) is 133 Å².